The summed E-state index contributed by atoms with van der Waals surface area (Å²) in [5.41, 5.74) is 0. The summed E-state index contributed by atoms with van der Waals surface area (Å²) >= 11 is 0. The lowest BCUT2D eigenvalue weighted by Crippen LogP contribution is -2.32. The van der Waals surface area contributed by atoms with Gasteiger partial charge in [0.2, 0.25) is 0 Å². The SMILES string of the molecule is C=CC(=O)N(OCCO)OCCO. The number of hydrogen-bond donors (Lipinski definition) is 2. The number of hydrogen-bond acceptors (Lipinski definition) is 5. The number of aliphatic hydroxyl groups excluding tert-OH is 2. The highest BCUT2D eigenvalue weighted by molar-refractivity contribution is 5.85. The first kappa shape index (κ1) is 12.0. The molecule has 0 aromatic heterocycles. The quantitative estimate of drug-likeness (QED) is 0.392. The van der Waals surface area contributed by atoms with Gasteiger partial charge in [-0.3, -0.25) is 4.79 Å². The van der Waals surface area contributed by atoms with Gasteiger partial charge in [0, 0.05) is 6.08 Å². The van der Waals surface area contributed by atoms with Crippen LogP contribution in [0.1, 0.15) is 0 Å². The molecule has 0 radical (unpaired) electrons. The Bertz CT molecular complexity index is 153. The molecule has 0 saturated carbocycles. The summed E-state index contributed by atoms with van der Waals surface area (Å²) in [6, 6.07) is 0. The number of hydroxylamine groups is 2. The molecule has 0 aliphatic heterocycles. The molecule has 0 rings (SSSR count). The second kappa shape index (κ2) is 7.69. The van der Waals surface area contributed by atoms with Crippen molar-refractivity contribution in [3.05, 3.63) is 12.7 Å². The summed E-state index contributed by atoms with van der Waals surface area (Å²) < 4.78 is 0. The molecule has 0 aliphatic carbocycles. The van der Waals surface area contributed by atoms with E-state index in [-0.39, 0.29) is 26.4 Å². The summed E-state index contributed by atoms with van der Waals surface area (Å²) in [6.07, 6.45) is 0.995. The molecule has 6 heteroatoms. The van der Waals surface area contributed by atoms with Crippen molar-refractivity contribution in [2.75, 3.05) is 26.4 Å². The Morgan fingerprint density at radius 3 is 2.08 bits per heavy atom. The number of carbonyl (C=O) groups is 1. The summed E-state index contributed by atoms with van der Waals surface area (Å²) in [5.74, 6) is -0.595. The van der Waals surface area contributed by atoms with Gasteiger partial charge in [-0.05, 0) is 0 Å². The van der Waals surface area contributed by atoms with Crippen molar-refractivity contribution in [1.82, 2.24) is 5.23 Å². The number of nitrogens with zero attached hydrogens (tertiary/aromatic N) is 1. The Labute approximate surface area is 75.9 Å². The fourth-order valence-electron chi connectivity index (χ4n) is 0.487. The van der Waals surface area contributed by atoms with Gasteiger partial charge in [0.25, 0.3) is 5.91 Å². The molecule has 0 heterocycles. The van der Waals surface area contributed by atoms with Gasteiger partial charge in [0.1, 0.15) is 13.2 Å². The fourth-order valence-corrected chi connectivity index (χ4v) is 0.487. The minimum absolute atomic E-state index is 0.0645. The van der Waals surface area contributed by atoms with Crippen molar-refractivity contribution in [2.24, 2.45) is 0 Å². The van der Waals surface area contributed by atoms with Crippen LogP contribution in [0.5, 0.6) is 0 Å². The van der Waals surface area contributed by atoms with Crippen LogP contribution in [0.25, 0.3) is 0 Å². The smallest absolute Gasteiger partial charge is 0.296 e. The van der Waals surface area contributed by atoms with E-state index < -0.39 is 5.91 Å². The third-order valence-electron chi connectivity index (χ3n) is 0.954. The molecule has 0 unspecified atom stereocenters. The van der Waals surface area contributed by atoms with E-state index in [0.29, 0.717) is 5.23 Å². The lowest BCUT2D eigenvalue weighted by atomic mass is 10.6. The molecule has 2 N–H and O–H groups in total. The van der Waals surface area contributed by atoms with Crippen LogP contribution in [0, 0.1) is 0 Å². The van der Waals surface area contributed by atoms with Crippen LogP contribution in [0.2, 0.25) is 0 Å². The lowest BCUT2D eigenvalue weighted by molar-refractivity contribution is -0.342. The predicted molar refractivity (Wildman–Crippen MR) is 43.1 cm³/mol. The first-order chi connectivity index (χ1) is 6.26. The zero-order valence-corrected chi connectivity index (χ0v) is 7.18. The zero-order valence-electron chi connectivity index (χ0n) is 7.18. The fraction of sp³-hybridized carbons (Fsp3) is 0.571. The van der Waals surface area contributed by atoms with Crippen molar-refractivity contribution in [3.63, 3.8) is 0 Å². The maximum atomic E-state index is 10.9. The van der Waals surface area contributed by atoms with E-state index in [2.05, 4.69) is 16.3 Å². The highest BCUT2D eigenvalue weighted by atomic mass is 17.0. The van der Waals surface area contributed by atoms with Gasteiger partial charge < -0.3 is 10.2 Å². The van der Waals surface area contributed by atoms with Gasteiger partial charge in [-0.25, -0.2) is 9.68 Å². The van der Waals surface area contributed by atoms with Gasteiger partial charge in [-0.1, -0.05) is 11.8 Å². The average molecular weight is 191 g/mol. The highest BCUT2D eigenvalue weighted by Crippen LogP contribution is 1.94. The molecular weight excluding hydrogens is 178 g/mol. The van der Waals surface area contributed by atoms with E-state index in [4.69, 9.17) is 10.2 Å². The molecule has 0 aromatic rings. The zero-order chi connectivity index (χ0) is 10.1. The largest absolute Gasteiger partial charge is 0.394 e. The van der Waals surface area contributed by atoms with Crippen LogP contribution >= 0.6 is 0 Å². The summed E-state index contributed by atoms with van der Waals surface area (Å²) in [6.45, 7) is 2.63. The van der Waals surface area contributed by atoms with E-state index in [1.54, 1.807) is 0 Å². The minimum Gasteiger partial charge on any atom is -0.394 e. The first-order valence-corrected chi connectivity index (χ1v) is 3.70. The number of aliphatic hydroxyl groups is 2. The lowest BCUT2D eigenvalue weighted by Gasteiger charge is -2.17. The van der Waals surface area contributed by atoms with Gasteiger partial charge in [0.05, 0.1) is 13.2 Å². The molecule has 0 atom stereocenters. The standard InChI is InChI=1S/C7H13NO5/c1-2-7(11)8(12-5-3-9)13-6-4-10/h2,9-10H,1,3-6H2. The molecule has 0 spiro atoms. The third kappa shape index (κ3) is 5.31. The van der Waals surface area contributed by atoms with Crippen molar-refractivity contribution in [2.45, 2.75) is 0 Å². The molecule has 0 bridgehead atoms. The van der Waals surface area contributed by atoms with Gasteiger partial charge in [-0.15, -0.1) is 0 Å². The molecule has 0 aromatic carbocycles. The summed E-state index contributed by atoms with van der Waals surface area (Å²) in [7, 11) is 0. The summed E-state index contributed by atoms with van der Waals surface area (Å²) in [5, 5.41) is 17.4. The molecule has 76 valence electrons. The minimum atomic E-state index is -0.595. The number of carbonyl (C=O) groups excluding carboxylic acids is 1. The van der Waals surface area contributed by atoms with Gasteiger partial charge >= 0.3 is 0 Å². The Morgan fingerprint density at radius 2 is 1.77 bits per heavy atom. The second-order valence-electron chi connectivity index (χ2n) is 1.91. The second-order valence-corrected chi connectivity index (χ2v) is 1.91. The summed E-state index contributed by atoms with van der Waals surface area (Å²) in [4.78, 5) is 20.3. The molecule has 0 saturated heterocycles. The molecular formula is C7H13NO5. The van der Waals surface area contributed by atoms with E-state index in [0.717, 1.165) is 6.08 Å². The Kier molecular flexibility index (Phi) is 7.12. The Morgan fingerprint density at radius 1 is 1.31 bits per heavy atom. The van der Waals surface area contributed by atoms with Crippen LogP contribution in [0.15, 0.2) is 12.7 Å². The van der Waals surface area contributed by atoms with Crippen molar-refractivity contribution in [1.29, 1.82) is 0 Å². The van der Waals surface area contributed by atoms with E-state index in [9.17, 15) is 4.79 Å². The molecule has 1 amide bonds. The monoisotopic (exact) mass is 191 g/mol. The van der Waals surface area contributed by atoms with Crippen LogP contribution in [-0.4, -0.2) is 47.8 Å². The van der Waals surface area contributed by atoms with Crippen molar-refractivity contribution >= 4 is 5.91 Å². The average Bonchev–Trinajstić information content (AvgIpc) is 2.17. The molecule has 13 heavy (non-hydrogen) atoms. The van der Waals surface area contributed by atoms with Crippen molar-refractivity contribution in [3.8, 4) is 0 Å². The van der Waals surface area contributed by atoms with Crippen LogP contribution in [0.4, 0.5) is 0 Å². The third-order valence-corrected chi connectivity index (χ3v) is 0.954. The predicted octanol–water partition coefficient (Wildman–Crippen LogP) is -1.15. The van der Waals surface area contributed by atoms with Gasteiger partial charge in [0.15, 0.2) is 0 Å². The Balaban J connectivity index is 3.86. The molecule has 0 aliphatic rings. The van der Waals surface area contributed by atoms with E-state index in [1.807, 2.05) is 0 Å². The number of rotatable bonds is 7. The topological polar surface area (TPSA) is 79.2 Å². The molecule has 6 nitrogen and oxygen atoms in total. The first-order valence-electron chi connectivity index (χ1n) is 3.70. The van der Waals surface area contributed by atoms with E-state index in [1.165, 1.54) is 0 Å². The maximum Gasteiger partial charge on any atom is 0.296 e. The van der Waals surface area contributed by atoms with E-state index >= 15 is 0 Å². The van der Waals surface area contributed by atoms with Crippen molar-refractivity contribution < 1.29 is 24.7 Å². The van der Waals surface area contributed by atoms with Crippen LogP contribution < -0.4 is 0 Å². The maximum absolute atomic E-state index is 10.9. The highest BCUT2D eigenvalue weighted by Gasteiger charge is 2.10. The normalized spacial score (nSPS) is 9.69. The van der Waals surface area contributed by atoms with Gasteiger partial charge in [-0.2, -0.15) is 0 Å². The van der Waals surface area contributed by atoms with Crippen LogP contribution in [0.3, 0.4) is 0 Å². The van der Waals surface area contributed by atoms with Crippen LogP contribution in [-0.2, 0) is 14.5 Å². The number of amides is 1. The molecule has 0 fully saturated rings. The Hall–Kier alpha value is -0.950.